The number of nitrogens with zero attached hydrogens (tertiary/aromatic N) is 3. The van der Waals surface area contributed by atoms with Gasteiger partial charge in [-0.1, -0.05) is 65.5 Å². The number of hydrogen-bond donors (Lipinski definition) is 1. The lowest BCUT2D eigenvalue weighted by molar-refractivity contribution is -0.0581. The van der Waals surface area contributed by atoms with Gasteiger partial charge >= 0.3 is 6.09 Å². The topological polar surface area (TPSA) is 69.0 Å². The van der Waals surface area contributed by atoms with E-state index in [0.29, 0.717) is 18.5 Å². The van der Waals surface area contributed by atoms with Gasteiger partial charge in [-0.2, -0.15) is 15.0 Å². The zero-order valence-electron chi connectivity index (χ0n) is 24.6. The minimum absolute atomic E-state index is 0.00916. The fourth-order valence-electron chi connectivity index (χ4n) is 9.56. The van der Waals surface area contributed by atoms with Crippen molar-refractivity contribution in [3.63, 3.8) is 0 Å². The number of carbonyl (C=O) groups is 1. The van der Waals surface area contributed by atoms with Gasteiger partial charge < -0.3 is 10.1 Å². The smallest absolute Gasteiger partial charge is 0.407 e. The predicted octanol–water partition coefficient (Wildman–Crippen LogP) is 7.41. The molecule has 1 N–H and O–H groups in total. The van der Waals surface area contributed by atoms with Crippen LogP contribution >= 0.6 is 0 Å². The van der Waals surface area contributed by atoms with Crippen molar-refractivity contribution in [2.24, 2.45) is 46.3 Å². The van der Waals surface area contributed by atoms with Crippen LogP contribution in [0.25, 0.3) is 0 Å². The molecule has 4 aliphatic rings. The Kier molecular flexibility index (Phi) is 8.26. The summed E-state index contributed by atoms with van der Waals surface area (Å²) in [5.41, 5.74) is 2.39. The standard InChI is InChI=1S/C32H52N4O2/c1-22(2)7-6-8-23(3)27-11-12-28-26-10-9-24-21-25(38-30(37)33-19-20-36-34-17-18-35-36)13-15-31(24,4)29(26)14-16-32(27,28)5/h9,17-18,22-23,25-29H,6-8,10-16,19-21H2,1-5H3,(H,33,37)/t23-,25+,26+,27?,28?,29+,31+,32-/m1/s1. The number of allylic oxidation sites excluding steroid dienone is 1. The van der Waals surface area contributed by atoms with Crippen LogP contribution in [0.15, 0.2) is 24.0 Å². The molecule has 1 amide bonds. The maximum Gasteiger partial charge on any atom is 0.407 e. The Bertz CT molecular complexity index is 974. The molecule has 2 unspecified atom stereocenters. The van der Waals surface area contributed by atoms with Gasteiger partial charge in [-0.15, -0.1) is 0 Å². The Morgan fingerprint density at radius 2 is 1.87 bits per heavy atom. The van der Waals surface area contributed by atoms with Crippen molar-refractivity contribution < 1.29 is 9.53 Å². The molecule has 0 spiro atoms. The lowest BCUT2D eigenvalue weighted by atomic mass is 9.47. The highest BCUT2D eigenvalue weighted by Gasteiger charge is 2.59. The molecule has 1 aromatic heterocycles. The lowest BCUT2D eigenvalue weighted by Crippen LogP contribution is -2.51. The SMILES string of the molecule is CC(C)CCC[C@@H](C)C1CCC2[C@@H]3CC=C4C[C@@H](OC(=O)NCCn5nccn5)CC[C@]4(C)[C@H]3CC[C@]12C. The highest BCUT2D eigenvalue weighted by molar-refractivity contribution is 5.67. The molecule has 5 rings (SSSR count). The van der Waals surface area contributed by atoms with Crippen LogP contribution in [0.3, 0.4) is 0 Å². The molecule has 212 valence electrons. The number of aromatic nitrogens is 3. The van der Waals surface area contributed by atoms with Gasteiger partial charge in [-0.25, -0.2) is 4.79 Å². The van der Waals surface area contributed by atoms with Gasteiger partial charge in [0.15, 0.2) is 0 Å². The van der Waals surface area contributed by atoms with Gasteiger partial charge in [0, 0.05) is 13.0 Å². The van der Waals surface area contributed by atoms with E-state index in [1.165, 1.54) is 51.4 Å². The summed E-state index contributed by atoms with van der Waals surface area (Å²) in [5, 5.41) is 11.0. The average Bonchev–Trinajstić information content (AvgIpc) is 3.51. The normalized spacial score (nSPS) is 37.1. The summed E-state index contributed by atoms with van der Waals surface area (Å²) in [5.74, 6) is 5.12. The summed E-state index contributed by atoms with van der Waals surface area (Å²) in [6.07, 6.45) is 19.7. The molecule has 3 fully saturated rings. The fourth-order valence-corrected chi connectivity index (χ4v) is 9.56. The molecular weight excluding hydrogens is 472 g/mol. The first-order valence-corrected chi connectivity index (χ1v) is 15.7. The van der Waals surface area contributed by atoms with E-state index in [9.17, 15) is 4.79 Å². The van der Waals surface area contributed by atoms with Crippen LogP contribution < -0.4 is 5.32 Å². The third-order valence-electron chi connectivity index (χ3n) is 11.6. The zero-order valence-corrected chi connectivity index (χ0v) is 24.6. The van der Waals surface area contributed by atoms with Gasteiger partial charge in [0.1, 0.15) is 6.10 Å². The number of hydrogen-bond acceptors (Lipinski definition) is 4. The number of nitrogens with one attached hydrogen (secondary N) is 1. The summed E-state index contributed by atoms with van der Waals surface area (Å²) in [6.45, 7) is 13.5. The van der Waals surface area contributed by atoms with Crippen LogP contribution in [0, 0.1) is 46.3 Å². The molecule has 0 aromatic carbocycles. The molecule has 8 atom stereocenters. The van der Waals surface area contributed by atoms with Crippen molar-refractivity contribution in [3.8, 4) is 0 Å². The molecule has 6 heteroatoms. The number of rotatable bonds is 9. The van der Waals surface area contributed by atoms with Crippen molar-refractivity contribution in [2.75, 3.05) is 6.54 Å². The molecule has 0 radical (unpaired) electrons. The van der Waals surface area contributed by atoms with Crippen LogP contribution in [0.5, 0.6) is 0 Å². The number of amides is 1. The summed E-state index contributed by atoms with van der Waals surface area (Å²) >= 11 is 0. The average molecular weight is 525 g/mol. The summed E-state index contributed by atoms with van der Waals surface area (Å²) in [4.78, 5) is 14.0. The summed E-state index contributed by atoms with van der Waals surface area (Å²) in [7, 11) is 0. The van der Waals surface area contributed by atoms with Crippen molar-refractivity contribution in [1.82, 2.24) is 20.3 Å². The van der Waals surface area contributed by atoms with Gasteiger partial charge in [0.2, 0.25) is 0 Å². The van der Waals surface area contributed by atoms with E-state index >= 15 is 0 Å². The summed E-state index contributed by atoms with van der Waals surface area (Å²) < 4.78 is 5.87. The van der Waals surface area contributed by atoms with Gasteiger partial charge in [0.05, 0.1) is 18.9 Å². The Morgan fingerprint density at radius 3 is 2.63 bits per heavy atom. The number of fused-ring (bicyclic) bond motifs is 5. The van der Waals surface area contributed by atoms with E-state index in [4.69, 9.17) is 4.74 Å². The molecule has 1 heterocycles. The van der Waals surface area contributed by atoms with E-state index in [1.54, 1.807) is 22.8 Å². The Morgan fingerprint density at radius 1 is 1.08 bits per heavy atom. The first-order valence-electron chi connectivity index (χ1n) is 15.7. The maximum absolute atomic E-state index is 12.4. The maximum atomic E-state index is 12.4. The number of ether oxygens (including phenoxy) is 1. The molecule has 4 aliphatic carbocycles. The molecule has 6 nitrogen and oxygen atoms in total. The van der Waals surface area contributed by atoms with Gasteiger partial charge in [0.25, 0.3) is 0 Å². The highest BCUT2D eigenvalue weighted by atomic mass is 16.6. The Balaban J connectivity index is 1.17. The van der Waals surface area contributed by atoms with Gasteiger partial charge in [-0.3, -0.25) is 0 Å². The van der Waals surface area contributed by atoms with Crippen LogP contribution in [-0.4, -0.2) is 33.7 Å². The second kappa shape index (κ2) is 11.3. The third kappa shape index (κ3) is 5.43. The monoisotopic (exact) mass is 524 g/mol. The van der Waals surface area contributed by atoms with E-state index in [1.807, 2.05) is 0 Å². The first kappa shape index (κ1) is 27.7. The van der Waals surface area contributed by atoms with Crippen molar-refractivity contribution in [3.05, 3.63) is 24.0 Å². The minimum Gasteiger partial charge on any atom is -0.446 e. The number of alkyl carbamates (subject to hydrolysis) is 1. The van der Waals surface area contributed by atoms with Crippen molar-refractivity contribution in [1.29, 1.82) is 0 Å². The first-order chi connectivity index (χ1) is 18.2. The highest BCUT2D eigenvalue weighted by Crippen LogP contribution is 2.67. The van der Waals surface area contributed by atoms with Crippen molar-refractivity contribution in [2.45, 2.75) is 118 Å². The molecule has 0 aliphatic heterocycles. The lowest BCUT2D eigenvalue weighted by Gasteiger charge is -2.58. The van der Waals surface area contributed by atoms with E-state index in [0.717, 1.165) is 54.8 Å². The molecule has 0 bridgehead atoms. The Labute approximate surface area is 230 Å². The van der Waals surface area contributed by atoms with Crippen LogP contribution in [0.1, 0.15) is 105 Å². The van der Waals surface area contributed by atoms with E-state index in [-0.39, 0.29) is 17.6 Å². The molecule has 0 saturated heterocycles. The second-order valence-electron chi connectivity index (χ2n) is 14.1. The predicted molar refractivity (Wildman–Crippen MR) is 151 cm³/mol. The summed E-state index contributed by atoms with van der Waals surface area (Å²) in [6, 6.07) is 0. The van der Waals surface area contributed by atoms with Crippen LogP contribution in [0.2, 0.25) is 0 Å². The minimum atomic E-state index is -0.312. The molecule has 1 aromatic rings. The zero-order chi connectivity index (χ0) is 26.9. The number of carbonyl (C=O) groups excluding carboxylic acids is 1. The van der Waals surface area contributed by atoms with E-state index in [2.05, 4.69) is 56.2 Å². The Hall–Kier alpha value is -1.85. The van der Waals surface area contributed by atoms with Crippen LogP contribution in [-0.2, 0) is 11.3 Å². The quantitative estimate of drug-likeness (QED) is 0.341. The second-order valence-corrected chi connectivity index (χ2v) is 14.1. The largest absolute Gasteiger partial charge is 0.446 e. The van der Waals surface area contributed by atoms with E-state index < -0.39 is 0 Å². The van der Waals surface area contributed by atoms with Gasteiger partial charge in [-0.05, 0) is 91.3 Å². The van der Waals surface area contributed by atoms with Crippen LogP contribution in [0.4, 0.5) is 4.79 Å². The molecule has 3 saturated carbocycles. The fraction of sp³-hybridized carbons (Fsp3) is 0.844. The van der Waals surface area contributed by atoms with Crippen molar-refractivity contribution >= 4 is 6.09 Å². The molecular formula is C32H52N4O2. The molecule has 38 heavy (non-hydrogen) atoms. The third-order valence-corrected chi connectivity index (χ3v) is 11.6.